The maximum Gasteiger partial charge on any atom is 0.317 e. The third-order valence-corrected chi connectivity index (χ3v) is 4.84. The molecule has 0 aliphatic carbocycles. The minimum Gasteiger partial charge on any atom is -0.481 e. The second-order valence-corrected chi connectivity index (χ2v) is 6.43. The minimum absolute atomic E-state index is 0.0192. The second-order valence-electron chi connectivity index (χ2n) is 6.43. The van der Waals surface area contributed by atoms with E-state index in [1.165, 1.54) is 6.07 Å². The van der Waals surface area contributed by atoms with Gasteiger partial charge in [-0.1, -0.05) is 12.1 Å². The molecule has 0 spiro atoms. The number of likely N-dealkylation sites (tertiary alicyclic amines) is 1. The van der Waals surface area contributed by atoms with Crippen LogP contribution in [0.25, 0.3) is 0 Å². The Kier molecular flexibility index (Phi) is 4.87. The van der Waals surface area contributed by atoms with Gasteiger partial charge in [0.15, 0.2) is 0 Å². The molecule has 1 aromatic rings. The van der Waals surface area contributed by atoms with Crippen LogP contribution in [0.5, 0.6) is 0 Å². The second kappa shape index (κ2) is 7.07. The lowest BCUT2D eigenvalue weighted by atomic mass is 9.97. The van der Waals surface area contributed by atoms with Gasteiger partial charge in [0.25, 0.3) is 0 Å². The first-order valence-electron chi connectivity index (χ1n) is 8.32. The van der Waals surface area contributed by atoms with E-state index in [-0.39, 0.29) is 23.8 Å². The van der Waals surface area contributed by atoms with Gasteiger partial charge in [0.1, 0.15) is 5.82 Å². The van der Waals surface area contributed by atoms with Crippen molar-refractivity contribution in [3.63, 3.8) is 0 Å². The Morgan fingerprint density at radius 3 is 2.50 bits per heavy atom. The van der Waals surface area contributed by atoms with Crippen LogP contribution < -0.4 is 10.2 Å². The van der Waals surface area contributed by atoms with Crippen LogP contribution >= 0.6 is 0 Å². The molecule has 130 valence electrons. The number of halogens is 1. The lowest BCUT2D eigenvalue weighted by Gasteiger charge is -2.31. The predicted octanol–water partition coefficient (Wildman–Crippen LogP) is 1.91. The first-order valence-corrected chi connectivity index (χ1v) is 8.32. The number of urea groups is 1. The smallest absolute Gasteiger partial charge is 0.317 e. The van der Waals surface area contributed by atoms with E-state index in [2.05, 4.69) is 5.32 Å². The molecule has 0 bridgehead atoms. The van der Waals surface area contributed by atoms with Crippen molar-refractivity contribution < 1.29 is 19.1 Å². The Hall–Kier alpha value is -2.31. The van der Waals surface area contributed by atoms with Crippen LogP contribution in [0.3, 0.4) is 0 Å². The molecular formula is C17H22FN3O3. The van der Waals surface area contributed by atoms with Gasteiger partial charge in [-0.3, -0.25) is 4.79 Å². The standard InChI is InChI=1S/C17H22FN3O3/c18-14-3-1-2-4-15(14)21-10-7-13(11-21)19-17(24)20-8-5-12(6-9-20)16(22)23/h1-4,12-13H,5-11H2,(H,19,24)(H,22,23). The number of rotatable bonds is 3. The highest BCUT2D eigenvalue weighted by molar-refractivity contribution is 5.76. The van der Waals surface area contributed by atoms with E-state index in [1.807, 2.05) is 4.90 Å². The number of benzene rings is 1. The lowest BCUT2D eigenvalue weighted by Crippen LogP contribution is -2.49. The highest BCUT2D eigenvalue weighted by atomic mass is 19.1. The van der Waals surface area contributed by atoms with Gasteiger partial charge in [0.05, 0.1) is 11.6 Å². The van der Waals surface area contributed by atoms with E-state index >= 15 is 0 Å². The monoisotopic (exact) mass is 335 g/mol. The van der Waals surface area contributed by atoms with Crippen LogP contribution in [0.15, 0.2) is 24.3 Å². The molecule has 3 rings (SSSR count). The summed E-state index contributed by atoms with van der Waals surface area (Å²) in [6.07, 6.45) is 1.76. The number of carboxylic acid groups (broad SMARTS) is 1. The molecule has 2 heterocycles. The Labute approximate surface area is 140 Å². The number of aliphatic carboxylic acids is 1. The number of piperidine rings is 1. The Balaban J connectivity index is 1.50. The number of amides is 2. The van der Waals surface area contributed by atoms with Crippen molar-refractivity contribution >= 4 is 17.7 Å². The van der Waals surface area contributed by atoms with Gasteiger partial charge in [-0.2, -0.15) is 0 Å². The quantitative estimate of drug-likeness (QED) is 0.885. The minimum atomic E-state index is -0.786. The fraction of sp³-hybridized carbons (Fsp3) is 0.529. The number of anilines is 1. The van der Waals surface area contributed by atoms with Crippen molar-refractivity contribution in [2.75, 3.05) is 31.1 Å². The van der Waals surface area contributed by atoms with Crippen LogP contribution in [-0.4, -0.2) is 54.2 Å². The maximum atomic E-state index is 13.8. The van der Waals surface area contributed by atoms with Gasteiger partial charge in [-0.25, -0.2) is 9.18 Å². The van der Waals surface area contributed by atoms with Gasteiger partial charge in [0, 0.05) is 32.2 Å². The normalized spacial score (nSPS) is 21.8. The average molecular weight is 335 g/mol. The molecule has 6 nitrogen and oxygen atoms in total. The van der Waals surface area contributed by atoms with Crippen LogP contribution in [0, 0.1) is 11.7 Å². The van der Waals surface area contributed by atoms with Gasteiger partial charge >= 0.3 is 12.0 Å². The van der Waals surface area contributed by atoms with Crippen LogP contribution in [0.1, 0.15) is 19.3 Å². The largest absolute Gasteiger partial charge is 0.481 e. The van der Waals surface area contributed by atoms with E-state index in [0.29, 0.717) is 44.7 Å². The first-order chi connectivity index (χ1) is 11.5. The van der Waals surface area contributed by atoms with Crippen molar-refractivity contribution in [2.45, 2.75) is 25.3 Å². The van der Waals surface area contributed by atoms with Crippen molar-refractivity contribution in [3.8, 4) is 0 Å². The molecular weight excluding hydrogens is 313 g/mol. The molecule has 2 amide bonds. The zero-order chi connectivity index (χ0) is 17.1. The van der Waals surface area contributed by atoms with E-state index in [4.69, 9.17) is 5.11 Å². The number of carboxylic acids is 1. The number of nitrogens with zero attached hydrogens (tertiary/aromatic N) is 2. The molecule has 2 N–H and O–H groups in total. The van der Waals surface area contributed by atoms with Crippen molar-refractivity contribution in [1.29, 1.82) is 0 Å². The lowest BCUT2D eigenvalue weighted by molar-refractivity contribution is -0.143. The fourth-order valence-corrected chi connectivity index (χ4v) is 3.40. The summed E-state index contributed by atoms with van der Waals surface area (Å²) >= 11 is 0. The number of hydrogen-bond acceptors (Lipinski definition) is 3. The summed E-state index contributed by atoms with van der Waals surface area (Å²) in [5.41, 5.74) is 0.566. The fourth-order valence-electron chi connectivity index (χ4n) is 3.40. The summed E-state index contributed by atoms with van der Waals surface area (Å²) in [7, 11) is 0. The van der Waals surface area contributed by atoms with Gasteiger partial charge in [0.2, 0.25) is 0 Å². The van der Waals surface area contributed by atoms with E-state index in [9.17, 15) is 14.0 Å². The molecule has 0 saturated carbocycles. The maximum absolute atomic E-state index is 13.8. The Bertz CT molecular complexity index is 617. The Morgan fingerprint density at radius 2 is 1.83 bits per heavy atom. The molecule has 0 radical (unpaired) electrons. The molecule has 1 atom stereocenters. The SMILES string of the molecule is O=C(O)C1CCN(C(=O)NC2CCN(c3ccccc3F)C2)CC1. The van der Waals surface area contributed by atoms with Crippen molar-refractivity contribution in [2.24, 2.45) is 5.92 Å². The highest BCUT2D eigenvalue weighted by Crippen LogP contribution is 2.23. The van der Waals surface area contributed by atoms with Gasteiger partial charge in [-0.15, -0.1) is 0 Å². The van der Waals surface area contributed by atoms with Crippen molar-refractivity contribution in [1.82, 2.24) is 10.2 Å². The number of carbonyl (C=O) groups is 2. The number of para-hydroxylation sites is 1. The van der Waals surface area contributed by atoms with Crippen LogP contribution in [0.4, 0.5) is 14.9 Å². The number of hydrogen-bond donors (Lipinski definition) is 2. The van der Waals surface area contributed by atoms with Gasteiger partial charge in [-0.05, 0) is 31.4 Å². The molecule has 2 saturated heterocycles. The van der Waals surface area contributed by atoms with Crippen molar-refractivity contribution in [3.05, 3.63) is 30.1 Å². The summed E-state index contributed by atoms with van der Waals surface area (Å²) in [5, 5.41) is 12.0. The van der Waals surface area contributed by atoms with E-state index in [0.717, 1.165) is 6.42 Å². The summed E-state index contributed by atoms with van der Waals surface area (Å²) in [4.78, 5) is 26.9. The first kappa shape index (κ1) is 16.5. The molecule has 7 heteroatoms. The average Bonchev–Trinajstić information content (AvgIpc) is 3.03. The molecule has 1 unspecified atom stereocenters. The summed E-state index contributed by atoms with van der Waals surface area (Å²) in [6.45, 7) is 2.21. The number of nitrogens with one attached hydrogen (secondary N) is 1. The molecule has 1 aromatic carbocycles. The topological polar surface area (TPSA) is 72.9 Å². The molecule has 0 aromatic heterocycles. The highest BCUT2D eigenvalue weighted by Gasteiger charge is 2.30. The zero-order valence-electron chi connectivity index (χ0n) is 13.4. The molecule has 24 heavy (non-hydrogen) atoms. The van der Waals surface area contributed by atoms with Crippen LogP contribution in [0.2, 0.25) is 0 Å². The molecule has 2 fully saturated rings. The Morgan fingerprint density at radius 1 is 1.12 bits per heavy atom. The third-order valence-electron chi connectivity index (χ3n) is 4.84. The predicted molar refractivity (Wildman–Crippen MR) is 87.5 cm³/mol. The zero-order valence-corrected chi connectivity index (χ0v) is 13.4. The molecule has 2 aliphatic heterocycles. The third kappa shape index (κ3) is 3.60. The summed E-state index contributed by atoms with van der Waals surface area (Å²) in [6, 6.07) is 6.48. The summed E-state index contributed by atoms with van der Waals surface area (Å²) < 4.78 is 13.8. The van der Waals surface area contributed by atoms with Crippen LogP contribution in [-0.2, 0) is 4.79 Å². The van der Waals surface area contributed by atoms with E-state index in [1.54, 1.807) is 23.1 Å². The number of carbonyl (C=O) groups excluding carboxylic acids is 1. The van der Waals surface area contributed by atoms with Gasteiger partial charge < -0.3 is 20.2 Å². The molecule has 2 aliphatic rings. The van der Waals surface area contributed by atoms with E-state index < -0.39 is 5.97 Å². The summed E-state index contributed by atoms with van der Waals surface area (Å²) in [5.74, 6) is -1.39.